The molecule has 1 aromatic rings. The van der Waals surface area contributed by atoms with E-state index in [2.05, 4.69) is 0 Å². The topological polar surface area (TPSA) is 81.9 Å². The Morgan fingerprint density at radius 1 is 1.52 bits per heavy atom. The summed E-state index contributed by atoms with van der Waals surface area (Å²) in [6, 6.07) is 4.67. The first-order chi connectivity index (χ1) is 10.0. The van der Waals surface area contributed by atoms with Gasteiger partial charge in [0.2, 0.25) is 0 Å². The molecular formula is C15H20N2O4. The molecule has 1 heterocycles. The van der Waals surface area contributed by atoms with Crippen LogP contribution in [0, 0.1) is 0 Å². The van der Waals surface area contributed by atoms with Gasteiger partial charge in [-0.3, -0.25) is 9.69 Å². The SMILES string of the molecule is CCC1Oc2cc(CN)ccc2N(C(C)C(=O)OC)C1=O. The standard InChI is InChI=1S/C15H20N2O4/c1-4-12-14(18)17(9(2)15(19)20-3)11-6-5-10(8-16)7-13(11)21-12/h5-7,9,12H,4,8,16H2,1-3H3. The number of rotatable bonds is 4. The molecule has 1 aromatic carbocycles. The van der Waals surface area contributed by atoms with Gasteiger partial charge >= 0.3 is 5.97 Å². The highest BCUT2D eigenvalue weighted by Gasteiger charge is 2.38. The highest BCUT2D eigenvalue weighted by atomic mass is 16.5. The number of anilines is 1. The maximum absolute atomic E-state index is 12.5. The summed E-state index contributed by atoms with van der Waals surface area (Å²) >= 11 is 0. The van der Waals surface area contributed by atoms with E-state index in [9.17, 15) is 9.59 Å². The zero-order chi connectivity index (χ0) is 15.6. The van der Waals surface area contributed by atoms with Gasteiger partial charge in [0.15, 0.2) is 6.10 Å². The third kappa shape index (κ3) is 2.71. The Morgan fingerprint density at radius 2 is 2.24 bits per heavy atom. The number of hydrogen-bond acceptors (Lipinski definition) is 5. The van der Waals surface area contributed by atoms with Gasteiger partial charge in [-0.1, -0.05) is 13.0 Å². The summed E-state index contributed by atoms with van der Waals surface area (Å²) in [5.41, 5.74) is 7.11. The number of carbonyl (C=O) groups is 2. The van der Waals surface area contributed by atoms with Crippen LogP contribution in [0.4, 0.5) is 5.69 Å². The van der Waals surface area contributed by atoms with Crippen LogP contribution in [-0.2, 0) is 20.9 Å². The molecule has 0 aromatic heterocycles. The molecule has 21 heavy (non-hydrogen) atoms. The smallest absolute Gasteiger partial charge is 0.328 e. The van der Waals surface area contributed by atoms with Crippen LogP contribution in [0.2, 0.25) is 0 Å². The van der Waals surface area contributed by atoms with Gasteiger partial charge in [-0.05, 0) is 31.0 Å². The lowest BCUT2D eigenvalue weighted by molar-refractivity contribution is -0.144. The summed E-state index contributed by atoms with van der Waals surface area (Å²) in [6.07, 6.45) is -0.0761. The summed E-state index contributed by atoms with van der Waals surface area (Å²) in [6.45, 7) is 3.89. The molecule has 0 fully saturated rings. The molecule has 6 heteroatoms. The molecular weight excluding hydrogens is 272 g/mol. The fourth-order valence-corrected chi connectivity index (χ4v) is 2.39. The van der Waals surface area contributed by atoms with Gasteiger partial charge in [0.25, 0.3) is 5.91 Å². The zero-order valence-electron chi connectivity index (χ0n) is 12.5. The molecule has 0 bridgehead atoms. The molecule has 114 valence electrons. The maximum Gasteiger partial charge on any atom is 0.328 e. The molecule has 1 aliphatic heterocycles. The second-order valence-electron chi connectivity index (χ2n) is 4.93. The van der Waals surface area contributed by atoms with Crippen LogP contribution in [0.5, 0.6) is 5.75 Å². The van der Waals surface area contributed by atoms with Crippen LogP contribution < -0.4 is 15.4 Å². The Labute approximate surface area is 123 Å². The molecule has 2 rings (SSSR count). The molecule has 1 aliphatic rings. The molecule has 6 nitrogen and oxygen atoms in total. The summed E-state index contributed by atoms with van der Waals surface area (Å²) in [4.78, 5) is 25.8. The molecule has 1 amide bonds. The number of methoxy groups -OCH3 is 1. The van der Waals surface area contributed by atoms with E-state index in [1.807, 2.05) is 13.0 Å². The summed E-state index contributed by atoms with van der Waals surface area (Å²) < 4.78 is 10.5. The molecule has 0 saturated carbocycles. The zero-order valence-corrected chi connectivity index (χ0v) is 12.5. The number of amides is 1. The first kappa shape index (κ1) is 15.3. The van der Waals surface area contributed by atoms with Crippen molar-refractivity contribution in [3.05, 3.63) is 23.8 Å². The monoisotopic (exact) mass is 292 g/mol. The molecule has 2 unspecified atom stereocenters. The van der Waals surface area contributed by atoms with Crippen molar-refractivity contribution in [2.24, 2.45) is 5.73 Å². The van der Waals surface area contributed by atoms with E-state index in [4.69, 9.17) is 15.2 Å². The van der Waals surface area contributed by atoms with Gasteiger partial charge in [-0.2, -0.15) is 0 Å². The number of ether oxygens (including phenoxy) is 2. The van der Waals surface area contributed by atoms with E-state index in [-0.39, 0.29) is 5.91 Å². The van der Waals surface area contributed by atoms with Crippen LogP contribution in [0.25, 0.3) is 0 Å². The van der Waals surface area contributed by atoms with E-state index in [0.717, 1.165) is 5.56 Å². The first-order valence-electron chi connectivity index (χ1n) is 6.94. The average Bonchev–Trinajstić information content (AvgIpc) is 2.52. The molecule has 0 saturated heterocycles. The number of hydrogen-bond donors (Lipinski definition) is 1. The van der Waals surface area contributed by atoms with E-state index < -0.39 is 18.1 Å². The van der Waals surface area contributed by atoms with Crippen molar-refractivity contribution in [1.82, 2.24) is 0 Å². The molecule has 0 aliphatic carbocycles. The third-order valence-corrected chi connectivity index (χ3v) is 3.60. The number of nitrogens with zero attached hydrogens (tertiary/aromatic N) is 1. The predicted octanol–water partition coefficient (Wildman–Crippen LogP) is 1.21. The predicted molar refractivity (Wildman–Crippen MR) is 78.0 cm³/mol. The summed E-state index contributed by atoms with van der Waals surface area (Å²) in [5, 5.41) is 0. The Balaban J connectivity index is 2.48. The maximum atomic E-state index is 12.5. The molecule has 2 N–H and O–H groups in total. The van der Waals surface area contributed by atoms with Crippen LogP contribution in [0.1, 0.15) is 25.8 Å². The van der Waals surface area contributed by atoms with Crippen LogP contribution in [0.3, 0.4) is 0 Å². The highest BCUT2D eigenvalue weighted by molar-refractivity contribution is 6.04. The van der Waals surface area contributed by atoms with Gasteiger partial charge in [0.1, 0.15) is 11.8 Å². The molecule has 0 spiro atoms. The van der Waals surface area contributed by atoms with Gasteiger partial charge in [-0.15, -0.1) is 0 Å². The lowest BCUT2D eigenvalue weighted by Gasteiger charge is -2.36. The second-order valence-corrected chi connectivity index (χ2v) is 4.93. The fraction of sp³-hybridized carbons (Fsp3) is 0.467. The van der Waals surface area contributed by atoms with Crippen molar-refractivity contribution in [3.8, 4) is 5.75 Å². The van der Waals surface area contributed by atoms with Gasteiger partial charge in [0.05, 0.1) is 12.8 Å². The Kier molecular flexibility index (Phi) is 4.47. The number of nitrogens with two attached hydrogens (primary N) is 1. The number of benzene rings is 1. The average molecular weight is 292 g/mol. The van der Waals surface area contributed by atoms with Crippen molar-refractivity contribution in [2.75, 3.05) is 12.0 Å². The lowest BCUT2D eigenvalue weighted by Crippen LogP contribution is -2.52. The van der Waals surface area contributed by atoms with E-state index in [0.29, 0.717) is 24.4 Å². The number of carbonyl (C=O) groups excluding carboxylic acids is 2. The highest BCUT2D eigenvalue weighted by Crippen LogP contribution is 2.37. The Bertz CT molecular complexity index is 559. The van der Waals surface area contributed by atoms with E-state index >= 15 is 0 Å². The van der Waals surface area contributed by atoms with Crippen LogP contribution in [0.15, 0.2) is 18.2 Å². The van der Waals surface area contributed by atoms with E-state index in [1.54, 1.807) is 19.1 Å². The largest absolute Gasteiger partial charge is 0.478 e. The molecule has 0 radical (unpaired) electrons. The number of fused-ring (bicyclic) bond motifs is 1. The second kappa shape index (κ2) is 6.13. The first-order valence-corrected chi connectivity index (χ1v) is 6.94. The molecule has 2 atom stereocenters. The Morgan fingerprint density at radius 3 is 2.81 bits per heavy atom. The lowest BCUT2D eigenvalue weighted by atomic mass is 10.1. The van der Waals surface area contributed by atoms with Crippen molar-refractivity contribution < 1.29 is 19.1 Å². The minimum absolute atomic E-state index is 0.233. The summed E-state index contributed by atoms with van der Waals surface area (Å²) in [7, 11) is 1.31. The minimum atomic E-state index is -0.706. The van der Waals surface area contributed by atoms with E-state index in [1.165, 1.54) is 12.0 Å². The van der Waals surface area contributed by atoms with Crippen molar-refractivity contribution in [3.63, 3.8) is 0 Å². The quantitative estimate of drug-likeness (QED) is 0.844. The number of esters is 1. The van der Waals surface area contributed by atoms with Gasteiger partial charge < -0.3 is 15.2 Å². The van der Waals surface area contributed by atoms with Crippen LogP contribution >= 0.6 is 0 Å². The third-order valence-electron chi connectivity index (χ3n) is 3.60. The fourth-order valence-electron chi connectivity index (χ4n) is 2.39. The van der Waals surface area contributed by atoms with Crippen LogP contribution in [-0.4, -0.2) is 31.1 Å². The van der Waals surface area contributed by atoms with Crippen molar-refractivity contribution >= 4 is 17.6 Å². The Hall–Kier alpha value is -2.08. The van der Waals surface area contributed by atoms with Crippen molar-refractivity contribution in [1.29, 1.82) is 0 Å². The van der Waals surface area contributed by atoms with Crippen molar-refractivity contribution in [2.45, 2.75) is 39.0 Å². The van der Waals surface area contributed by atoms with Gasteiger partial charge in [0, 0.05) is 6.54 Å². The minimum Gasteiger partial charge on any atom is -0.478 e. The normalized spacial score (nSPS) is 18.8. The van der Waals surface area contributed by atoms with Gasteiger partial charge in [-0.25, -0.2) is 4.79 Å². The summed E-state index contributed by atoms with van der Waals surface area (Å²) in [5.74, 6) is -0.127.